The third kappa shape index (κ3) is 4.73. The second-order valence-electron chi connectivity index (χ2n) is 6.16. The quantitative estimate of drug-likeness (QED) is 0.798. The number of nitriles is 1. The minimum atomic E-state index is -0.112. The van der Waals surface area contributed by atoms with Gasteiger partial charge in [0.05, 0.1) is 6.07 Å². The van der Waals surface area contributed by atoms with Gasteiger partial charge in [-0.2, -0.15) is 5.26 Å². The SMILES string of the molecule is N#CCC(=O)N1CCCN(C(=O)CC2CCCCC2)CC1. The minimum Gasteiger partial charge on any atom is -0.341 e. The maximum Gasteiger partial charge on any atom is 0.236 e. The van der Waals surface area contributed by atoms with Gasteiger partial charge < -0.3 is 9.80 Å². The van der Waals surface area contributed by atoms with E-state index in [9.17, 15) is 9.59 Å². The van der Waals surface area contributed by atoms with E-state index in [2.05, 4.69) is 0 Å². The van der Waals surface area contributed by atoms with Crippen LogP contribution in [0, 0.1) is 17.2 Å². The Morgan fingerprint density at radius 2 is 1.52 bits per heavy atom. The number of nitrogens with zero attached hydrogens (tertiary/aromatic N) is 3. The van der Waals surface area contributed by atoms with Gasteiger partial charge in [0.15, 0.2) is 0 Å². The van der Waals surface area contributed by atoms with Crippen LogP contribution in [0.25, 0.3) is 0 Å². The van der Waals surface area contributed by atoms with Crippen molar-refractivity contribution in [3.8, 4) is 6.07 Å². The maximum atomic E-state index is 12.4. The fraction of sp³-hybridized carbons (Fsp3) is 0.812. The molecule has 0 radical (unpaired) electrons. The first-order valence-corrected chi connectivity index (χ1v) is 8.13. The zero-order valence-corrected chi connectivity index (χ0v) is 12.7. The van der Waals surface area contributed by atoms with E-state index in [0.29, 0.717) is 32.0 Å². The summed E-state index contributed by atoms with van der Waals surface area (Å²) in [6, 6.07) is 1.90. The Bertz CT molecular complexity index is 410. The van der Waals surface area contributed by atoms with Crippen LogP contribution in [0.2, 0.25) is 0 Å². The van der Waals surface area contributed by atoms with Gasteiger partial charge in [0.25, 0.3) is 0 Å². The Kier molecular flexibility index (Phi) is 6.04. The summed E-state index contributed by atoms with van der Waals surface area (Å²) in [6.45, 7) is 2.58. The molecular weight excluding hydrogens is 266 g/mol. The van der Waals surface area contributed by atoms with Crippen LogP contribution in [0.3, 0.4) is 0 Å². The largest absolute Gasteiger partial charge is 0.341 e. The highest BCUT2D eigenvalue weighted by atomic mass is 16.2. The van der Waals surface area contributed by atoms with Crippen molar-refractivity contribution >= 4 is 11.8 Å². The lowest BCUT2D eigenvalue weighted by molar-refractivity contribution is -0.133. The second-order valence-corrected chi connectivity index (χ2v) is 6.16. The van der Waals surface area contributed by atoms with E-state index in [-0.39, 0.29) is 18.2 Å². The zero-order valence-electron chi connectivity index (χ0n) is 12.7. The standard InChI is InChI=1S/C16H25N3O2/c17-8-7-15(20)18-9-4-10-19(12-11-18)16(21)13-14-5-2-1-3-6-14/h14H,1-7,9-13H2. The molecule has 0 bridgehead atoms. The molecule has 1 aliphatic carbocycles. The van der Waals surface area contributed by atoms with Crippen LogP contribution in [-0.2, 0) is 9.59 Å². The summed E-state index contributed by atoms with van der Waals surface area (Å²) in [6.07, 6.45) is 7.63. The first kappa shape index (κ1) is 15.8. The summed E-state index contributed by atoms with van der Waals surface area (Å²) >= 11 is 0. The Balaban J connectivity index is 1.80. The van der Waals surface area contributed by atoms with E-state index in [1.807, 2.05) is 11.0 Å². The van der Waals surface area contributed by atoms with Crippen LogP contribution in [0.15, 0.2) is 0 Å². The number of amides is 2. The minimum absolute atomic E-state index is 0.0595. The van der Waals surface area contributed by atoms with Crippen molar-refractivity contribution in [3.63, 3.8) is 0 Å². The second kappa shape index (κ2) is 8.02. The highest BCUT2D eigenvalue weighted by molar-refractivity contribution is 5.79. The molecule has 1 aliphatic heterocycles. The van der Waals surface area contributed by atoms with Crippen molar-refractivity contribution in [1.82, 2.24) is 9.80 Å². The van der Waals surface area contributed by atoms with Crippen LogP contribution in [0.1, 0.15) is 51.4 Å². The molecule has 2 amide bonds. The average Bonchev–Trinajstić information content (AvgIpc) is 2.74. The summed E-state index contributed by atoms with van der Waals surface area (Å²) < 4.78 is 0. The van der Waals surface area contributed by atoms with Gasteiger partial charge in [-0.25, -0.2) is 0 Å². The van der Waals surface area contributed by atoms with E-state index in [1.165, 1.54) is 32.1 Å². The van der Waals surface area contributed by atoms with E-state index < -0.39 is 0 Å². The molecule has 0 aromatic rings. The lowest BCUT2D eigenvalue weighted by atomic mass is 9.86. The predicted molar refractivity (Wildman–Crippen MR) is 79.2 cm³/mol. The molecule has 0 unspecified atom stereocenters. The fourth-order valence-corrected chi connectivity index (χ4v) is 3.36. The van der Waals surface area contributed by atoms with Crippen molar-refractivity contribution in [2.45, 2.75) is 51.4 Å². The zero-order chi connectivity index (χ0) is 15.1. The molecule has 2 rings (SSSR count). The molecule has 0 aromatic carbocycles. The molecule has 21 heavy (non-hydrogen) atoms. The number of hydrogen-bond acceptors (Lipinski definition) is 3. The van der Waals surface area contributed by atoms with Gasteiger partial charge in [-0.05, 0) is 25.2 Å². The van der Waals surface area contributed by atoms with Gasteiger partial charge >= 0.3 is 0 Å². The maximum absolute atomic E-state index is 12.4. The van der Waals surface area contributed by atoms with Crippen molar-refractivity contribution in [3.05, 3.63) is 0 Å². The highest BCUT2D eigenvalue weighted by Gasteiger charge is 2.24. The molecular formula is C16H25N3O2. The number of rotatable bonds is 3. The molecule has 1 saturated carbocycles. The van der Waals surface area contributed by atoms with E-state index >= 15 is 0 Å². The Labute approximate surface area is 126 Å². The van der Waals surface area contributed by atoms with Crippen LogP contribution in [0.4, 0.5) is 0 Å². The molecule has 5 heteroatoms. The molecule has 2 fully saturated rings. The molecule has 2 aliphatic rings. The summed E-state index contributed by atoms with van der Waals surface area (Å²) in [5.74, 6) is 0.696. The predicted octanol–water partition coefficient (Wildman–Crippen LogP) is 1.93. The van der Waals surface area contributed by atoms with Crippen molar-refractivity contribution in [2.24, 2.45) is 5.92 Å². The third-order valence-electron chi connectivity index (χ3n) is 4.62. The van der Waals surface area contributed by atoms with Crippen LogP contribution < -0.4 is 0 Å². The Hall–Kier alpha value is -1.57. The summed E-state index contributed by atoms with van der Waals surface area (Å²) in [5, 5.41) is 8.60. The average molecular weight is 291 g/mol. The number of carbonyl (C=O) groups excluding carboxylic acids is 2. The van der Waals surface area contributed by atoms with E-state index in [4.69, 9.17) is 5.26 Å². The van der Waals surface area contributed by atoms with E-state index in [0.717, 1.165) is 13.0 Å². The van der Waals surface area contributed by atoms with Gasteiger partial charge in [0.2, 0.25) is 11.8 Å². The van der Waals surface area contributed by atoms with Crippen LogP contribution in [0.5, 0.6) is 0 Å². The van der Waals surface area contributed by atoms with Crippen molar-refractivity contribution in [1.29, 1.82) is 5.26 Å². The van der Waals surface area contributed by atoms with Gasteiger partial charge in [-0.3, -0.25) is 9.59 Å². The van der Waals surface area contributed by atoms with Crippen LogP contribution in [-0.4, -0.2) is 47.8 Å². The highest BCUT2D eigenvalue weighted by Crippen LogP contribution is 2.27. The summed E-state index contributed by atoms with van der Waals surface area (Å²) in [5.41, 5.74) is 0. The van der Waals surface area contributed by atoms with E-state index in [1.54, 1.807) is 4.90 Å². The Morgan fingerprint density at radius 3 is 2.14 bits per heavy atom. The third-order valence-corrected chi connectivity index (χ3v) is 4.62. The monoisotopic (exact) mass is 291 g/mol. The molecule has 0 spiro atoms. The smallest absolute Gasteiger partial charge is 0.236 e. The molecule has 1 saturated heterocycles. The van der Waals surface area contributed by atoms with Gasteiger partial charge in [0.1, 0.15) is 6.42 Å². The number of hydrogen-bond donors (Lipinski definition) is 0. The summed E-state index contributed by atoms with van der Waals surface area (Å²) in [7, 11) is 0. The molecule has 116 valence electrons. The normalized spacial score (nSPS) is 20.7. The number of carbonyl (C=O) groups is 2. The summed E-state index contributed by atoms with van der Waals surface area (Å²) in [4.78, 5) is 27.8. The molecule has 1 heterocycles. The first-order valence-electron chi connectivity index (χ1n) is 8.13. The first-order chi connectivity index (χ1) is 10.2. The Morgan fingerprint density at radius 1 is 0.905 bits per heavy atom. The van der Waals surface area contributed by atoms with Crippen LogP contribution >= 0.6 is 0 Å². The lowest BCUT2D eigenvalue weighted by Crippen LogP contribution is -2.37. The van der Waals surface area contributed by atoms with Crippen molar-refractivity contribution < 1.29 is 9.59 Å². The molecule has 0 N–H and O–H groups in total. The van der Waals surface area contributed by atoms with Crippen molar-refractivity contribution in [2.75, 3.05) is 26.2 Å². The lowest BCUT2D eigenvalue weighted by Gasteiger charge is -2.26. The molecule has 5 nitrogen and oxygen atoms in total. The van der Waals surface area contributed by atoms with Gasteiger partial charge in [-0.15, -0.1) is 0 Å². The van der Waals surface area contributed by atoms with Gasteiger partial charge in [0, 0.05) is 32.6 Å². The topological polar surface area (TPSA) is 64.4 Å². The fourth-order valence-electron chi connectivity index (χ4n) is 3.36. The van der Waals surface area contributed by atoms with Gasteiger partial charge in [-0.1, -0.05) is 19.3 Å². The molecule has 0 atom stereocenters. The molecule has 0 aromatic heterocycles.